The van der Waals surface area contributed by atoms with Crippen LogP contribution in [0.4, 0.5) is 4.79 Å². The molecule has 3 amide bonds. The molecule has 0 saturated carbocycles. The molecule has 28 heavy (non-hydrogen) atoms. The highest BCUT2D eigenvalue weighted by molar-refractivity contribution is 7.10. The number of nitrogens with one attached hydrogen (secondary N) is 2. The fraction of sp³-hybridized carbons (Fsp3) is 0.182. The summed E-state index contributed by atoms with van der Waals surface area (Å²) in [6.45, 7) is 2.05. The number of aryl methyl sites for hydroxylation is 1. The predicted molar refractivity (Wildman–Crippen MR) is 111 cm³/mol. The summed E-state index contributed by atoms with van der Waals surface area (Å²) in [4.78, 5) is 25.8. The molecule has 2 aromatic carbocycles. The van der Waals surface area contributed by atoms with Crippen LogP contribution >= 0.6 is 11.3 Å². The van der Waals surface area contributed by atoms with Crippen LogP contribution in [0.25, 0.3) is 0 Å². The minimum atomic E-state index is -0.563. The van der Waals surface area contributed by atoms with Crippen molar-refractivity contribution in [3.63, 3.8) is 0 Å². The number of benzene rings is 2. The van der Waals surface area contributed by atoms with Crippen molar-refractivity contribution in [3.05, 3.63) is 93.7 Å². The van der Waals surface area contributed by atoms with Crippen LogP contribution in [0.3, 0.4) is 0 Å². The van der Waals surface area contributed by atoms with Gasteiger partial charge >= 0.3 is 6.03 Å². The standard InChI is InChI=1S/C22H23N3O2S/c1-15-10-12-17(13-11-15)19(18-9-6-14-28-18)24-20(16-7-4-3-5-8-16)21(26)25-22(27)23-2/h3-14,19-20,24H,1-2H3,(H2,23,25,26,27)/p+1/t19-,20+/m0/s1. The van der Waals surface area contributed by atoms with Crippen LogP contribution in [-0.4, -0.2) is 19.0 Å². The fourth-order valence-electron chi connectivity index (χ4n) is 3.07. The fourth-order valence-corrected chi connectivity index (χ4v) is 3.90. The summed E-state index contributed by atoms with van der Waals surface area (Å²) < 4.78 is 0. The molecule has 1 heterocycles. The minimum absolute atomic E-state index is 0.0544. The van der Waals surface area contributed by atoms with Gasteiger partial charge in [0.05, 0.1) is 4.88 Å². The van der Waals surface area contributed by atoms with Gasteiger partial charge in [0.15, 0.2) is 6.04 Å². The second kappa shape index (κ2) is 9.30. The Hall–Kier alpha value is -2.96. The summed E-state index contributed by atoms with van der Waals surface area (Å²) in [7, 11) is 1.49. The smallest absolute Gasteiger partial charge is 0.321 e. The largest absolute Gasteiger partial charge is 0.341 e. The molecule has 144 valence electrons. The number of urea groups is 1. The Morgan fingerprint density at radius 3 is 2.25 bits per heavy atom. The number of imide groups is 1. The molecular formula is C22H24N3O2S+. The highest BCUT2D eigenvalue weighted by Gasteiger charge is 2.31. The first kappa shape index (κ1) is 19.8. The van der Waals surface area contributed by atoms with Crippen molar-refractivity contribution < 1.29 is 14.9 Å². The lowest BCUT2D eigenvalue weighted by Gasteiger charge is -2.22. The highest BCUT2D eigenvalue weighted by Crippen LogP contribution is 2.24. The minimum Gasteiger partial charge on any atom is -0.341 e. The molecule has 0 aliphatic heterocycles. The average Bonchev–Trinajstić information content (AvgIpc) is 3.24. The molecule has 0 aliphatic carbocycles. The van der Waals surface area contributed by atoms with Gasteiger partial charge in [-0.05, 0) is 18.4 Å². The van der Waals surface area contributed by atoms with Crippen LogP contribution < -0.4 is 16.0 Å². The lowest BCUT2D eigenvalue weighted by molar-refractivity contribution is -0.713. The monoisotopic (exact) mass is 394 g/mol. The highest BCUT2D eigenvalue weighted by atomic mass is 32.1. The van der Waals surface area contributed by atoms with E-state index in [1.54, 1.807) is 11.3 Å². The first-order valence-electron chi connectivity index (χ1n) is 9.11. The third-order valence-corrected chi connectivity index (χ3v) is 5.53. The van der Waals surface area contributed by atoms with E-state index >= 15 is 0 Å². The van der Waals surface area contributed by atoms with Crippen molar-refractivity contribution in [2.75, 3.05) is 7.05 Å². The number of hydrogen-bond acceptors (Lipinski definition) is 3. The van der Waals surface area contributed by atoms with Crippen LogP contribution in [0.15, 0.2) is 72.1 Å². The van der Waals surface area contributed by atoms with Crippen molar-refractivity contribution in [2.24, 2.45) is 0 Å². The second-order valence-electron chi connectivity index (χ2n) is 6.55. The van der Waals surface area contributed by atoms with E-state index in [1.165, 1.54) is 12.6 Å². The molecule has 1 aromatic heterocycles. The topological polar surface area (TPSA) is 74.8 Å². The van der Waals surface area contributed by atoms with Gasteiger partial charge in [-0.2, -0.15) is 0 Å². The van der Waals surface area contributed by atoms with E-state index in [2.05, 4.69) is 47.9 Å². The van der Waals surface area contributed by atoms with E-state index in [1.807, 2.05) is 47.1 Å². The zero-order valence-corrected chi connectivity index (χ0v) is 16.7. The van der Waals surface area contributed by atoms with E-state index < -0.39 is 12.1 Å². The van der Waals surface area contributed by atoms with Gasteiger partial charge in [0.2, 0.25) is 0 Å². The Morgan fingerprint density at radius 2 is 1.64 bits per heavy atom. The SMILES string of the molecule is CNC(=O)NC(=O)[C@H]([NH2+][C@@H](c1ccc(C)cc1)c1cccs1)c1ccccc1. The van der Waals surface area contributed by atoms with E-state index in [9.17, 15) is 9.59 Å². The quantitative estimate of drug-likeness (QED) is 0.601. The molecule has 2 atom stereocenters. The summed E-state index contributed by atoms with van der Waals surface area (Å²) in [5, 5.41) is 8.91. The maximum atomic E-state index is 12.9. The molecule has 0 fully saturated rings. The number of carbonyl (C=O) groups is 2. The Morgan fingerprint density at radius 1 is 0.929 bits per heavy atom. The van der Waals surface area contributed by atoms with E-state index in [0.29, 0.717) is 0 Å². The first-order valence-corrected chi connectivity index (χ1v) is 9.99. The zero-order valence-electron chi connectivity index (χ0n) is 15.9. The third-order valence-electron chi connectivity index (χ3n) is 4.58. The van der Waals surface area contributed by atoms with Gasteiger partial charge in [-0.15, -0.1) is 11.3 Å². The van der Waals surface area contributed by atoms with Crippen LogP contribution in [-0.2, 0) is 4.79 Å². The summed E-state index contributed by atoms with van der Waals surface area (Å²) in [5.74, 6) is -0.348. The maximum absolute atomic E-state index is 12.9. The summed E-state index contributed by atoms with van der Waals surface area (Å²) in [5.41, 5.74) is 3.14. The number of hydrogen-bond donors (Lipinski definition) is 3. The number of thiophene rings is 1. The van der Waals surface area contributed by atoms with E-state index in [0.717, 1.165) is 16.0 Å². The van der Waals surface area contributed by atoms with Gasteiger partial charge in [0, 0.05) is 18.2 Å². The molecule has 0 aliphatic rings. The Bertz CT molecular complexity index is 909. The maximum Gasteiger partial charge on any atom is 0.321 e. The Labute approximate surface area is 168 Å². The summed E-state index contributed by atoms with van der Waals surface area (Å²) in [6.07, 6.45) is 0. The Balaban J connectivity index is 1.96. The molecule has 0 bridgehead atoms. The van der Waals surface area contributed by atoms with Crippen molar-refractivity contribution in [2.45, 2.75) is 19.0 Å². The van der Waals surface area contributed by atoms with Crippen LogP contribution in [0.1, 0.15) is 33.7 Å². The molecule has 0 saturated heterocycles. The molecule has 4 N–H and O–H groups in total. The molecule has 3 aromatic rings. The lowest BCUT2D eigenvalue weighted by atomic mass is 9.99. The number of nitrogens with two attached hydrogens (primary N) is 1. The molecule has 0 radical (unpaired) electrons. The normalized spacial score (nSPS) is 12.8. The van der Waals surface area contributed by atoms with Gasteiger partial charge in [0.25, 0.3) is 5.91 Å². The third kappa shape index (κ3) is 4.85. The molecule has 3 rings (SSSR count). The Kier molecular flexibility index (Phi) is 6.57. The van der Waals surface area contributed by atoms with Gasteiger partial charge < -0.3 is 10.6 Å². The van der Waals surface area contributed by atoms with Crippen LogP contribution in [0.2, 0.25) is 0 Å². The van der Waals surface area contributed by atoms with Crippen molar-refractivity contribution in [3.8, 4) is 0 Å². The summed E-state index contributed by atoms with van der Waals surface area (Å²) in [6, 6.07) is 20.8. The average molecular weight is 395 g/mol. The predicted octanol–water partition coefficient (Wildman–Crippen LogP) is 2.91. The number of amides is 3. The van der Waals surface area contributed by atoms with E-state index in [-0.39, 0.29) is 11.9 Å². The van der Waals surface area contributed by atoms with Gasteiger partial charge in [-0.1, -0.05) is 66.2 Å². The molecule has 6 heteroatoms. The van der Waals surface area contributed by atoms with Crippen molar-refractivity contribution >= 4 is 23.3 Å². The van der Waals surface area contributed by atoms with Gasteiger partial charge in [-0.25, -0.2) is 4.79 Å². The first-order chi connectivity index (χ1) is 13.6. The molecule has 0 unspecified atom stereocenters. The van der Waals surface area contributed by atoms with E-state index in [4.69, 9.17) is 0 Å². The zero-order chi connectivity index (χ0) is 19.9. The molecule has 5 nitrogen and oxygen atoms in total. The van der Waals surface area contributed by atoms with Gasteiger partial charge in [0.1, 0.15) is 6.04 Å². The second-order valence-corrected chi connectivity index (χ2v) is 7.53. The summed E-state index contributed by atoms with van der Waals surface area (Å²) >= 11 is 1.66. The van der Waals surface area contributed by atoms with Crippen molar-refractivity contribution in [1.29, 1.82) is 0 Å². The molecular weight excluding hydrogens is 370 g/mol. The van der Waals surface area contributed by atoms with Crippen molar-refractivity contribution in [1.82, 2.24) is 10.6 Å². The van der Waals surface area contributed by atoms with Crippen LogP contribution in [0, 0.1) is 6.92 Å². The van der Waals surface area contributed by atoms with Gasteiger partial charge in [-0.3, -0.25) is 10.1 Å². The number of rotatable bonds is 6. The van der Waals surface area contributed by atoms with Crippen LogP contribution in [0.5, 0.6) is 0 Å². The number of quaternary nitrogens is 1. The molecule has 0 spiro atoms. The number of carbonyl (C=O) groups excluding carboxylic acids is 2. The lowest BCUT2D eigenvalue weighted by Crippen LogP contribution is -2.88.